The summed E-state index contributed by atoms with van der Waals surface area (Å²) in [6.45, 7) is -2.51. The summed E-state index contributed by atoms with van der Waals surface area (Å²) in [5.41, 5.74) is 7.07. The van der Waals surface area contributed by atoms with Gasteiger partial charge < -0.3 is 54.4 Å². The number of phosphoric acid groups is 1. The van der Waals surface area contributed by atoms with Gasteiger partial charge in [-0.2, -0.15) is 0 Å². The Morgan fingerprint density at radius 3 is 2.37 bits per heavy atom. The highest BCUT2D eigenvalue weighted by Gasteiger charge is 2.66. The second kappa shape index (κ2) is 11.2. The largest absolute Gasteiger partial charge is 0.476 e. The SMILES string of the molecule is [N-]=[N+]=N[C@H]1[C@@H](OC[C@H]2O[C@@H](n3ccc(=O)[nH]c3=O)[C@H](O)[C@@H]2O)O[C@@](CO)(P(=O)(O)OP(=O)(O)O)[C@@H](O)[C@@H]1O. The molecule has 3 rings (SSSR count). The molecule has 2 fully saturated rings. The molecule has 38 heavy (non-hydrogen) atoms. The Labute approximate surface area is 209 Å². The van der Waals surface area contributed by atoms with Crippen LogP contribution in [0.5, 0.6) is 0 Å². The van der Waals surface area contributed by atoms with Gasteiger partial charge in [-0.3, -0.25) is 18.9 Å². The predicted molar refractivity (Wildman–Crippen MR) is 116 cm³/mol. The van der Waals surface area contributed by atoms with Gasteiger partial charge in [-0.05, 0) is 5.53 Å². The van der Waals surface area contributed by atoms with Gasteiger partial charge in [0.2, 0.25) is 5.34 Å². The summed E-state index contributed by atoms with van der Waals surface area (Å²) in [6, 6.07) is -0.979. The van der Waals surface area contributed by atoms with Crippen molar-refractivity contribution in [3.8, 4) is 0 Å². The van der Waals surface area contributed by atoms with Gasteiger partial charge in [0.05, 0.1) is 19.3 Å². The molecule has 0 aromatic carbocycles. The predicted octanol–water partition coefficient (Wildman–Crippen LogP) is -4.09. The molecule has 1 unspecified atom stereocenters. The van der Waals surface area contributed by atoms with Crippen molar-refractivity contribution in [3.63, 3.8) is 0 Å². The normalized spacial score (nSPS) is 37.4. The summed E-state index contributed by atoms with van der Waals surface area (Å²) < 4.78 is 44.3. The van der Waals surface area contributed by atoms with E-state index in [1.807, 2.05) is 4.98 Å². The Balaban J connectivity index is 1.88. The average molecular weight is 591 g/mol. The van der Waals surface area contributed by atoms with Crippen LogP contribution >= 0.6 is 15.4 Å². The molecule has 1 aromatic rings. The van der Waals surface area contributed by atoms with Crippen molar-refractivity contribution in [3.05, 3.63) is 43.5 Å². The Morgan fingerprint density at radius 2 is 1.82 bits per heavy atom. The Kier molecular flexibility index (Phi) is 9.01. The quantitative estimate of drug-likeness (QED) is 0.0570. The number of nitrogens with zero attached hydrogens (tertiary/aromatic N) is 4. The minimum atomic E-state index is -5.88. The van der Waals surface area contributed by atoms with Crippen LogP contribution in [-0.2, 0) is 27.7 Å². The standard InChI is InChI=1S/C15H23N5O16P2/c16-19-18-7-9(24)11(26)15(4-21,37(28,29)36-38(30,31)32)35-13(7)33-3-5-8(23)10(25)12(34-5)20-2-1-6(22)17-14(20)27/h1-2,5,7-13,21,23-26H,3-4H2,(H,28,29)(H,17,22,27)(H2,30,31,32)/t5-,7-,8-,9-,10-,11+,12-,13+,15+/m1/s1. The van der Waals surface area contributed by atoms with Crippen LogP contribution in [-0.4, -0.2) is 111 Å². The van der Waals surface area contributed by atoms with Crippen molar-refractivity contribution in [1.82, 2.24) is 9.55 Å². The van der Waals surface area contributed by atoms with Crippen molar-refractivity contribution in [2.24, 2.45) is 5.11 Å². The molecule has 0 radical (unpaired) electrons. The van der Waals surface area contributed by atoms with Gasteiger partial charge in [0.1, 0.15) is 30.5 Å². The molecule has 9 N–H and O–H groups in total. The van der Waals surface area contributed by atoms with E-state index in [1.165, 1.54) is 0 Å². The van der Waals surface area contributed by atoms with Crippen LogP contribution in [0.3, 0.4) is 0 Å². The first-order chi connectivity index (χ1) is 17.6. The maximum absolute atomic E-state index is 12.7. The molecule has 0 spiro atoms. The van der Waals surface area contributed by atoms with E-state index in [4.69, 9.17) is 29.5 Å². The molecule has 10 atom stereocenters. The smallest absolute Gasteiger partial charge is 0.393 e. The third-order valence-corrected chi connectivity index (χ3v) is 8.93. The number of H-pyrrole nitrogens is 1. The lowest BCUT2D eigenvalue weighted by Crippen LogP contribution is -2.65. The van der Waals surface area contributed by atoms with E-state index in [9.17, 15) is 49.1 Å². The summed E-state index contributed by atoms with van der Waals surface area (Å²) in [5, 5.41) is 51.1. The molecule has 3 heterocycles. The van der Waals surface area contributed by atoms with Gasteiger partial charge in [0.15, 0.2) is 12.5 Å². The third kappa shape index (κ3) is 5.77. The van der Waals surface area contributed by atoms with Gasteiger partial charge in [0.25, 0.3) is 5.56 Å². The van der Waals surface area contributed by atoms with Gasteiger partial charge in [-0.25, -0.2) is 13.7 Å². The zero-order valence-electron chi connectivity index (χ0n) is 18.7. The maximum atomic E-state index is 12.7. The van der Waals surface area contributed by atoms with Crippen LogP contribution in [0.4, 0.5) is 0 Å². The Morgan fingerprint density at radius 1 is 1.16 bits per heavy atom. The maximum Gasteiger partial charge on any atom is 0.476 e. The second-order valence-corrected chi connectivity index (χ2v) is 11.5. The first kappa shape index (κ1) is 30.5. The minimum absolute atomic E-state index is 0.744. The van der Waals surface area contributed by atoms with Crippen LogP contribution in [0.25, 0.3) is 10.4 Å². The number of ether oxygens (including phenoxy) is 3. The zero-order chi connectivity index (χ0) is 28.6. The fourth-order valence-corrected chi connectivity index (χ4v) is 6.46. The summed E-state index contributed by atoms with van der Waals surface area (Å²) in [4.78, 5) is 55.7. The van der Waals surface area contributed by atoms with Crippen molar-refractivity contribution in [1.29, 1.82) is 0 Å². The molecule has 0 aliphatic carbocycles. The monoisotopic (exact) mass is 591 g/mol. The van der Waals surface area contributed by atoms with Crippen LogP contribution < -0.4 is 11.2 Å². The van der Waals surface area contributed by atoms with Gasteiger partial charge >= 0.3 is 21.1 Å². The van der Waals surface area contributed by atoms with Crippen molar-refractivity contribution in [2.45, 2.75) is 54.4 Å². The Bertz CT molecular complexity index is 1280. The average Bonchev–Trinajstić information content (AvgIpc) is 3.08. The molecule has 0 amide bonds. The number of aliphatic hydroxyl groups is 5. The van der Waals surface area contributed by atoms with E-state index in [0.29, 0.717) is 0 Å². The first-order valence-corrected chi connectivity index (χ1v) is 13.4. The fraction of sp³-hybridized carbons (Fsp3) is 0.733. The number of hydrogen-bond acceptors (Lipinski definition) is 14. The van der Waals surface area contributed by atoms with Crippen LogP contribution in [0.15, 0.2) is 27.0 Å². The topological polar surface area (TPSA) is 337 Å². The molecule has 0 bridgehead atoms. The summed E-state index contributed by atoms with van der Waals surface area (Å²) >= 11 is 0. The van der Waals surface area contributed by atoms with Gasteiger partial charge in [0, 0.05) is 17.2 Å². The highest BCUT2D eigenvalue weighted by atomic mass is 31.3. The van der Waals surface area contributed by atoms with Gasteiger partial charge in [-0.1, -0.05) is 5.11 Å². The van der Waals surface area contributed by atoms with Crippen LogP contribution in [0.1, 0.15) is 6.23 Å². The number of azide groups is 1. The van der Waals surface area contributed by atoms with E-state index >= 15 is 0 Å². The molecule has 214 valence electrons. The molecule has 1 aromatic heterocycles. The number of rotatable bonds is 9. The lowest BCUT2D eigenvalue weighted by molar-refractivity contribution is -0.291. The number of aromatic nitrogens is 2. The van der Waals surface area contributed by atoms with Crippen molar-refractivity contribution in [2.75, 3.05) is 13.2 Å². The molecule has 2 saturated heterocycles. The molecule has 21 nitrogen and oxygen atoms in total. The third-order valence-electron chi connectivity index (χ3n) is 5.73. The van der Waals surface area contributed by atoms with E-state index in [0.717, 1.165) is 16.8 Å². The highest BCUT2D eigenvalue weighted by Crippen LogP contribution is 2.67. The second-order valence-electron chi connectivity index (χ2n) is 8.11. The lowest BCUT2D eigenvalue weighted by Gasteiger charge is -2.48. The first-order valence-electron chi connectivity index (χ1n) is 10.3. The molecule has 23 heteroatoms. The van der Waals surface area contributed by atoms with E-state index in [1.54, 1.807) is 0 Å². The van der Waals surface area contributed by atoms with Crippen LogP contribution in [0, 0.1) is 0 Å². The molecular formula is C15H23N5O16P2. The van der Waals surface area contributed by atoms with E-state index in [-0.39, 0.29) is 0 Å². The van der Waals surface area contributed by atoms with Crippen molar-refractivity contribution >= 4 is 15.4 Å². The molecular weight excluding hydrogens is 568 g/mol. The highest BCUT2D eigenvalue weighted by molar-refractivity contribution is 7.64. The van der Waals surface area contributed by atoms with Gasteiger partial charge in [-0.15, -0.1) is 0 Å². The molecule has 2 aliphatic rings. The van der Waals surface area contributed by atoms with E-state index < -0.39 is 94.3 Å². The number of hydrogen-bond donors (Lipinski definition) is 9. The molecule has 0 saturated carbocycles. The van der Waals surface area contributed by atoms with Crippen LogP contribution in [0.2, 0.25) is 0 Å². The summed E-state index contributed by atoms with van der Waals surface area (Å²) in [6.07, 6.45) is -12.7. The summed E-state index contributed by atoms with van der Waals surface area (Å²) in [5.74, 6) is 0. The minimum Gasteiger partial charge on any atom is -0.393 e. The number of nitrogens with one attached hydrogen (secondary N) is 1. The lowest BCUT2D eigenvalue weighted by atomic mass is 9.97. The molecule has 2 aliphatic heterocycles. The fourth-order valence-electron chi connectivity index (χ4n) is 3.85. The zero-order valence-corrected chi connectivity index (χ0v) is 20.5. The Hall–Kier alpha value is -2.03. The number of aromatic amines is 1. The number of aliphatic hydroxyl groups excluding tert-OH is 5. The summed E-state index contributed by atoms with van der Waals surface area (Å²) in [7, 11) is -11.6. The van der Waals surface area contributed by atoms with Crippen molar-refractivity contribution < 1.29 is 67.9 Å². The van der Waals surface area contributed by atoms with E-state index in [2.05, 4.69) is 14.3 Å².